The van der Waals surface area contributed by atoms with Gasteiger partial charge in [-0.05, 0) is 44.9 Å². The number of nitrogens with two attached hydrogens (primary N) is 2. The quantitative estimate of drug-likeness (QED) is 0.0199. The molecule has 0 aromatic rings. The van der Waals surface area contributed by atoms with Gasteiger partial charge in [-0.3, -0.25) is 47.9 Å². The molecule has 0 saturated carbocycles. The van der Waals surface area contributed by atoms with Gasteiger partial charge < -0.3 is 79.4 Å². The Balaban J connectivity index is 6.13. The van der Waals surface area contributed by atoms with Crippen LogP contribution in [0.2, 0.25) is 0 Å². The molecule has 636 valence electrons. The van der Waals surface area contributed by atoms with Gasteiger partial charge in [-0.1, -0.05) is 217 Å². The van der Waals surface area contributed by atoms with E-state index in [9.17, 15) is 43.2 Å². The first-order valence-electron chi connectivity index (χ1n) is 43.3. The van der Waals surface area contributed by atoms with E-state index in [4.69, 9.17) is 20.9 Å². The van der Waals surface area contributed by atoms with Crippen molar-refractivity contribution in [2.75, 3.05) is 138 Å². The summed E-state index contributed by atoms with van der Waals surface area (Å²) in [6, 6.07) is 0. The second-order valence-electron chi connectivity index (χ2n) is 32.2. The second-order valence-corrected chi connectivity index (χ2v) is 32.2. The van der Waals surface area contributed by atoms with E-state index >= 15 is 4.79 Å². The standard InChI is InChI=1S/C84H163N13O12/c1-11-15-18-20-22-24-26-28-30-32-34-36-59-108-76(102)38-43-87-47-49-91-52-56-93-74(100)63-69(65-82(5,6)72(98)61-68(14-4)79(105)96-58-54-92-50-48-88-44-39-77(103)109-60-37-35-33-31-29-27-25-23-21-19-16-12-2)78(104)84(9,10)67-70(80(106)97-57-53-90-46-41-86)62-73(99)83(7,8)66-71(81(107)95-42-17-13-3)64-75(101)94-55-51-89-45-40-85/h68-71,87-92H,11-67,85-86H2,1-10H3,(H,93,100)(H,94,101)(H,95,107)(H,96,105)(H,97,106). The van der Waals surface area contributed by atoms with Gasteiger partial charge in [-0.25, -0.2) is 0 Å². The Morgan fingerprint density at radius 3 is 0.954 bits per heavy atom. The molecule has 25 nitrogen and oxygen atoms in total. The van der Waals surface area contributed by atoms with Crippen molar-refractivity contribution in [3.05, 3.63) is 0 Å². The lowest BCUT2D eigenvalue weighted by atomic mass is 9.67. The van der Waals surface area contributed by atoms with E-state index in [1.165, 1.54) is 122 Å². The molecule has 0 heterocycles. The van der Waals surface area contributed by atoms with E-state index < -0.39 is 51.7 Å². The van der Waals surface area contributed by atoms with Gasteiger partial charge in [-0.15, -0.1) is 0 Å². The van der Waals surface area contributed by atoms with Gasteiger partial charge in [0, 0.05) is 190 Å². The summed E-state index contributed by atoms with van der Waals surface area (Å²) < 4.78 is 10.9. The molecule has 0 aromatic heterocycles. The van der Waals surface area contributed by atoms with Gasteiger partial charge in [0.05, 0.1) is 26.1 Å². The molecule has 0 spiro atoms. The minimum Gasteiger partial charge on any atom is -0.466 e. The van der Waals surface area contributed by atoms with E-state index in [1.807, 2.05) is 13.8 Å². The predicted octanol–water partition coefficient (Wildman–Crippen LogP) is 9.48. The van der Waals surface area contributed by atoms with Crippen molar-refractivity contribution in [1.29, 1.82) is 0 Å². The maximum Gasteiger partial charge on any atom is 0.307 e. The second kappa shape index (κ2) is 68.6. The first-order chi connectivity index (χ1) is 52.3. The first kappa shape index (κ1) is 104. The number of ether oxygens (including phenoxy) is 2. The van der Waals surface area contributed by atoms with E-state index in [0.717, 1.165) is 44.9 Å². The molecular formula is C84H163N13O12. The van der Waals surface area contributed by atoms with Crippen molar-refractivity contribution < 1.29 is 57.4 Å². The smallest absolute Gasteiger partial charge is 0.307 e. The maximum absolute atomic E-state index is 15.4. The number of nitrogens with one attached hydrogen (secondary N) is 11. The van der Waals surface area contributed by atoms with Crippen LogP contribution in [0.15, 0.2) is 0 Å². The fourth-order valence-electron chi connectivity index (χ4n) is 13.6. The van der Waals surface area contributed by atoms with Crippen LogP contribution in [0.4, 0.5) is 0 Å². The number of rotatable bonds is 79. The number of carbonyl (C=O) groups excluding carboxylic acids is 10. The Morgan fingerprint density at radius 2 is 0.578 bits per heavy atom. The lowest BCUT2D eigenvalue weighted by Gasteiger charge is -2.35. The molecule has 4 unspecified atom stereocenters. The molecule has 0 aliphatic rings. The fraction of sp³-hybridized carbons (Fsp3) is 0.881. The monoisotopic (exact) mass is 1550 g/mol. The summed E-state index contributed by atoms with van der Waals surface area (Å²) in [6.07, 6.45) is 31.3. The summed E-state index contributed by atoms with van der Waals surface area (Å²) in [5.74, 6) is -6.89. The third kappa shape index (κ3) is 57.6. The van der Waals surface area contributed by atoms with E-state index in [-0.39, 0.29) is 118 Å². The first-order valence-corrected chi connectivity index (χ1v) is 43.3. The molecule has 0 rings (SSSR count). The summed E-state index contributed by atoms with van der Waals surface area (Å²) in [7, 11) is 0. The molecule has 0 fully saturated rings. The lowest BCUT2D eigenvalue weighted by molar-refractivity contribution is -0.144. The van der Waals surface area contributed by atoms with Crippen LogP contribution in [0, 0.1) is 39.9 Å². The van der Waals surface area contributed by atoms with Gasteiger partial charge in [0.25, 0.3) is 0 Å². The predicted molar refractivity (Wildman–Crippen MR) is 442 cm³/mol. The molecule has 0 aliphatic carbocycles. The minimum absolute atomic E-state index is 0.00449. The highest BCUT2D eigenvalue weighted by Gasteiger charge is 2.44. The average molecular weight is 1550 g/mol. The van der Waals surface area contributed by atoms with Gasteiger partial charge in [-0.2, -0.15) is 0 Å². The zero-order valence-corrected chi connectivity index (χ0v) is 70.7. The van der Waals surface area contributed by atoms with Crippen molar-refractivity contribution >= 4 is 58.8 Å². The van der Waals surface area contributed by atoms with E-state index in [2.05, 4.69) is 72.3 Å². The van der Waals surface area contributed by atoms with Crippen molar-refractivity contribution in [2.24, 2.45) is 51.4 Å². The van der Waals surface area contributed by atoms with Crippen molar-refractivity contribution in [3.63, 3.8) is 0 Å². The van der Waals surface area contributed by atoms with Gasteiger partial charge in [0.1, 0.15) is 17.3 Å². The zero-order chi connectivity index (χ0) is 81.1. The number of unbranched alkanes of at least 4 members (excludes halogenated alkanes) is 23. The number of Topliss-reactive ketones (excluding diaryl/α,β-unsaturated/α-hetero) is 3. The number of hydrogen-bond donors (Lipinski definition) is 13. The van der Waals surface area contributed by atoms with Crippen LogP contribution in [0.1, 0.15) is 300 Å². The van der Waals surface area contributed by atoms with Crippen LogP contribution in [0.3, 0.4) is 0 Å². The van der Waals surface area contributed by atoms with Crippen molar-refractivity contribution in [1.82, 2.24) is 58.5 Å². The number of esters is 2. The number of ketones is 3. The molecule has 0 radical (unpaired) electrons. The molecule has 4 atom stereocenters. The SMILES string of the molecule is CCCCCCCCCCCCCCOC(=O)CCNCCNCCNC(=O)CC(CC(C)(C)C(=O)CC(CC)C(=O)NCCNCCNCCC(=O)OCCCCCCCCCCCCCC)C(=O)C(C)(C)CC(CC(=O)C(C)(C)CC(CC(=O)NCCNCCN)C(=O)NCCCC)C(=O)NCCNCCN. The molecule has 25 heteroatoms. The summed E-state index contributed by atoms with van der Waals surface area (Å²) in [5.41, 5.74) is 7.55. The van der Waals surface area contributed by atoms with Crippen molar-refractivity contribution in [3.8, 4) is 0 Å². The third-order valence-corrected chi connectivity index (χ3v) is 20.6. The highest BCUT2D eigenvalue weighted by atomic mass is 16.5. The Kier molecular flexibility index (Phi) is 65.4. The Bertz CT molecular complexity index is 2400. The van der Waals surface area contributed by atoms with Crippen LogP contribution in [-0.4, -0.2) is 196 Å². The molecule has 109 heavy (non-hydrogen) atoms. The maximum atomic E-state index is 15.4. The van der Waals surface area contributed by atoms with E-state index in [1.54, 1.807) is 41.5 Å². The Hall–Kier alpha value is -5.02. The topological polar surface area (TPSA) is 374 Å². The molecule has 5 amide bonds. The van der Waals surface area contributed by atoms with Crippen LogP contribution >= 0.6 is 0 Å². The minimum atomic E-state index is -1.35. The van der Waals surface area contributed by atoms with Crippen LogP contribution < -0.4 is 70.0 Å². The molecule has 0 bridgehead atoms. The summed E-state index contributed by atoms with van der Waals surface area (Å²) in [6.45, 7) is 27.9. The summed E-state index contributed by atoms with van der Waals surface area (Å²) in [5, 5.41) is 34.1. The van der Waals surface area contributed by atoms with Crippen LogP contribution in [-0.2, 0) is 57.4 Å². The van der Waals surface area contributed by atoms with Gasteiger partial charge in [0.2, 0.25) is 29.5 Å². The van der Waals surface area contributed by atoms with Crippen molar-refractivity contribution in [2.45, 2.75) is 300 Å². The molecule has 15 N–H and O–H groups in total. The van der Waals surface area contributed by atoms with Gasteiger partial charge in [0.15, 0.2) is 0 Å². The number of amides is 5. The molecule has 0 aliphatic heterocycles. The van der Waals surface area contributed by atoms with Crippen LogP contribution in [0.5, 0.6) is 0 Å². The highest BCUT2D eigenvalue weighted by molar-refractivity contribution is 5.95. The van der Waals surface area contributed by atoms with Crippen LogP contribution in [0.25, 0.3) is 0 Å². The third-order valence-electron chi connectivity index (χ3n) is 20.6. The van der Waals surface area contributed by atoms with E-state index in [0.29, 0.717) is 131 Å². The molecule has 0 saturated heterocycles. The summed E-state index contributed by atoms with van der Waals surface area (Å²) >= 11 is 0. The summed E-state index contributed by atoms with van der Waals surface area (Å²) in [4.78, 5) is 139. The highest BCUT2D eigenvalue weighted by Crippen LogP contribution is 2.40. The molecule has 0 aromatic carbocycles. The normalized spacial score (nSPS) is 12.9. The van der Waals surface area contributed by atoms with Gasteiger partial charge >= 0.3 is 11.9 Å². The largest absolute Gasteiger partial charge is 0.466 e. The average Bonchev–Trinajstić information content (AvgIpc) is 0.807. The fourth-order valence-corrected chi connectivity index (χ4v) is 13.6. The lowest BCUT2D eigenvalue weighted by Crippen LogP contribution is -2.44. The zero-order valence-electron chi connectivity index (χ0n) is 70.7. The number of carbonyl (C=O) groups is 10. The molecular weight excluding hydrogens is 1380 g/mol. The Morgan fingerprint density at radius 1 is 0.294 bits per heavy atom. The Labute approximate surface area is 661 Å². The number of hydrogen-bond acceptors (Lipinski definition) is 20.